The molecule has 0 atom stereocenters. The summed E-state index contributed by atoms with van der Waals surface area (Å²) < 4.78 is 0. The van der Waals surface area contributed by atoms with E-state index in [1.807, 2.05) is 30.3 Å². The molecular weight excluding hydrogens is 262 g/mol. The fourth-order valence-corrected chi connectivity index (χ4v) is 2.62. The van der Waals surface area contributed by atoms with Gasteiger partial charge < -0.3 is 16.0 Å². The highest BCUT2D eigenvalue weighted by Crippen LogP contribution is 2.18. The van der Waals surface area contributed by atoms with Gasteiger partial charge in [-0.3, -0.25) is 0 Å². The largest absolute Gasteiger partial charge is 0.384 e. The van der Waals surface area contributed by atoms with Crippen molar-refractivity contribution in [1.82, 2.24) is 14.9 Å². The van der Waals surface area contributed by atoms with Gasteiger partial charge in [-0.05, 0) is 25.9 Å². The second kappa shape index (κ2) is 6.54. The molecule has 2 heterocycles. The van der Waals surface area contributed by atoms with Crippen molar-refractivity contribution in [2.45, 2.75) is 12.8 Å². The van der Waals surface area contributed by atoms with Crippen LogP contribution in [-0.2, 0) is 0 Å². The molecule has 0 saturated carbocycles. The zero-order chi connectivity index (χ0) is 14.5. The van der Waals surface area contributed by atoms with Crippen molar-refractivity contribution in [2.24, 2.45) is 0 Å². The highest BCUT2D eigenvalue weighted by atomic mass is 15.2. The number of nitrogens with zero attached hydrogens (tertiary/aromatic N) is 3. The normalized spacial score (nSPS) is 15.2. The number of nitrogen functional groups attached to an aromatic ring is 1. The monoisotopic (exact) mass is 283 g/mol. The minimum absolute atomic E-state index is 0.493. The fourth-order valence-electron chi connectivity index (χ4n) is 2.62. The van der Waals surface area contributed by atoms with Gasteiger partial charge in [-0.15, -0.1) is 0 Å². The Bertz CT molecular complexity index is 578. The molecule has 0 bridgehead atoms. The highest BCUT2D eigenvalue weighted by Gasteiger charge is 2.11. The number of nitrogens with two attached hydrogens (primary N) is 1. The van der Waals surface area contributed by atoms with Crippen LogP contribution in [0.3, 0.4) is 0 Å². The van der Waals surface area contributed by atoms with E-state index in [0.717, 1.165) is 24.5 Å². The summed E-state index contributed by atoms with van der Waals surface area (Å²) in [5.74, 6) is 1.95. The fraction of sp³-hybridized carbons (Fsp3) is 0.375. The Hall–Kier alpha value is -2.14. The Balaban J connectivity index is 1.66. The third-order valence-electron chi connectivity index (χ3n) is 3.71. The third kappa shape index (κ3) is 3.70. The Morgan fingerprint density at radius 1 is 1.10 bits per heavy atom. The summed E-state index contributed by atoms with van der Waals surface area (Å²) in [5.41, 5.74) is 6.87. The molecule has 3 N–H and O–H groups in total. The number of benzene rings is 1. The van der Waals surface area contributed by atoms with E-state index in [4.69, 9.17) is 5.73 Å². The van der Waals surface area contributed by atoms with Gasteiger partial charge in [0.1, 0.15) is 11.6 Å². The molecule has 5 heteroatoms. The van der Waals surface area contributed by atoms with Gasteiger partial charge >= 0.3 is 0 Å². The average Bonchev–Trinajstić information content (AvgIpc) is 3.01. The SMILES string of the molecule is Nc1cc(NCCN2CCCC2)nc(-c2ccccc2)n1. The lowest BCUT2D eigenvalue weighted by atomic mass is 10.2. The number of nitrogens with one attached hydrogen (secondary N) is 1. The van der Waals surface area contributed by atoms with Crippen molar-refractivity contribution in [3.63, 3.8) is 0 Å². The number of hydrogen-bond acceptors (Lipinski definition) is 5. The van der Waals surface area contributed by atoms with Crippen LogP contribution < -0.4 is 11.1 Å². The smallest absolute Gasteiger partial charge is 0.163 e. The lowest BCUT2D eigenvalue weighted by molar-refractivity contribution is 0.352. The predicted molar refractivity (Wildman–Crippen MR) is 86.0 cm³/mol. The summed E-state index contributed by atoms with van der Waals surface area (Å²) in [4.78, 5) is 11.3. The zero-order valence-electron chi connectivity index (χ0n) is 12.1. The quantitative estimate of drug-likeness (QED) is 0.881. The molecule has 1 aromatic carbocycles. The maximum absolute atomic E-state index is 5.89. The van der Waals surface area contributed by atoms with Crippen LogP contribution in [0, 0.1) is 0 Å². The lowest BCUT2D eigenvalue weighted by Gasteiger charge is -2.15. The van der Waals surface area contributed by atoms with Crippen molar-refractivity contribution in [2.75, 3.05) is 37.2 Å². The van der Waals surface area contributed by atoms with Crippen molar-refractivity contribution in [1.29, 1.82) is 0 Å². The summed E-state index contributed by atoms with van der Waals surface area (Å²) in [5, 5.41) is 3.35. The van der Waals surface area contributed by atoms with Gasteiger partial charge in [0.05, 0.1) is 0 Å². The number of aromatic nitrogens is 2. The lowest BCUT2D eigenvalue weighted by Crippen LogP contribution is -2.26. The molecule has 3 rings (SSSR count). The second-order valence-electron chi connectivity index (χ2n) is 5.34. The molecule has 1 fully saturated rings. The van der Waals surface area contributed by atoms with E-state index >= 15 is 0 Å². The molecule has 110 valence electrons. The summed E-state index contributed by atoms with van der Waals surface area (Å²) in [6, 6.07) is 11.7. The first kappa shape index (κ1) is 13.8. The molecule has 0 aliphatic carbocycles. The van der Waals surface area contributed by atoms with Crippen LogP contribution >= 0.6 is 0 Å². The van der Waals surface area contributed by atoms with Gasteiger partial charge in [0.15, 0.2) is 5.82 Å². The molecule has 0 radical (unpaired) electrons. The van der Waals surface area contributed by atoms with E-state index < -0.39 is 0 Å². The first-order valence-electron chi connectivity index (χ1n) is 7.47. The number of rotatable bonds is 5. The summed E-state index contributed by atoms with van der Waals surface area (Å²) in [6.07, 6.45) is 2.64. The van der Waals surface area contributed by atoms with Crippen molar-refractivity contribution < 1.29 is 0 Å². The van der Waals surface area contributed by atoms with Gasteiger partial charge in [0.25, 0.3) is 0 Å². The number of anilines is 2. The first-order chi connectivity index (χ1) is 10.3. The summed E-state index contributed by atoms with van der Waals surface area (Å²) in [6.45, 7) is 4.35. The summed E-state index contributed by atoms with van der Waals surface area (Å²) >= 11 is 0. The molecule has 0 amide bonds. The molecule has 2 aromatic rings. The Morgan fingerprint density at radius 2 is 1.86 bits per heavy atom. The molecule has 1 aliphatic heterocycles. The van der Waals surface area contributed by atoms with Crippen LogP contribution in [0.2, 0.25) is 0 Å². The number of hydrogen-bond donors (Lipinski definition) is 2. The Labute approximate surface area is 125 Å². The van der Waals surface area contributed by atoms with Gasteiger partial charge in [-0.25, -0.2) is 9.97 Å². The highest BCUT2D eigenvalue weighted by molar-refractivity contribution is 5.60. The Morgan fingerprint density at radius 3 is 2.62 bits per heavy atom. The molecule has 1 saturated heterocycles. The molecule has 0 unspecified atom stereocenters. The van der Waals surface area contributed by atoms with E-state index in [0.29, 0.717) is 11.6 Å². The molecule has 1 aliphatic rings. The zero-order valence-corrected chi connectivity index (χ0v) is 12.1. The van der Waals surface area contributed by atoms with Crippen molar-refractivity contribution in [3.05, 3.63) is 36.4 Å². The van der Waals surface area contributed by atoms with Crippen LogP contribution in [-0.4, -0.2) is 41.0 Å². The van der Waals surface area contributed by atoms with Crippen LogP contribution in [0.1, 0.15) is 12.8 Å². The van der Waals surface area contributed by atoms with Crippen LogP contribution in [0.4, 0.5) is 11.6 Å². The van der Waals surface area contributed by atoms with E-state index in [9.17, 15) is 0 Å². The maximum Gasteiger partial charge on any atom is 0.163 e. The maximum atomic E-state index is 5.89. The van der Waals surface area contributed by atoms with E-state index in [1.165, 1.54) is 25.9 Å². The first-order valence-corrected chi connectivity index (χ1v) is 7.47. The standard InChI is InChI=1S/C16H21N5/c17-14-12-15(18-8-11-21-9-4-5-10-21)20-16(19-14)13-6-2-1-3-7-13/h1-3,6-7,12H,4-5,8-11H2,(H3,17,18,19,20). The van der Waals surface area contributed by atoms with Gasteiger partial charge in [-0.2, -0.15) is 0 Å². The minimum atomic E-state index is 0.493. The van der Waals surface area contributed by atoms with Crippen molar-refractivity contribution in [3.8, 4) is 11.4 Å². The summed E-state index contributed by atoms with van der Waals surface area (Å²) in [7, 11) is 0. The third-order valence-corrected chi connectivity index (χ3v) is 3.71. The Kier molecular flexibility index (Phi) is 4.31. The van der Waals surface area contributed by atoms with Crippen LogP contribution in [0.25, 0.3) is 11.4 Å². The molecular formula is C16H21N5. The van der Waals surface area contributed by atoms with Gasteiger partial charge in [-0.1, -0.05) is 30.3 Å². The van der Waals surface area contributed by atoms with Crippen molar-refractivity contribution >= 4 is 11.6 Å². The predicted octanol–water partition coefficient (Wildman–Crippen LogP) is 2.23. The molecule has 1 aromatic heterocycles. The van der Waals surface area contributed by atoms with Gasteiger partial charge in [0.2, 0.25) is 0 Å². The minimum Gasteiger partial charge on any atom is -0.384 e. The molecule has 21 heavy (non-hydrogen) atoms. The van der Waals surface area contributed by atoms with E-state index in [-0.39, 0.29) is 0 Å². The molecule has 0 spiro atoms. The average molecular weight is 283 g/mol. The molecule has 5 nitrogen and oxygen atoms in total. The van der Waals surface area contributed by atoms with E-state index in [2.05, 4.69) is 20.2 Å². The van der Waals surface area contributed by atoms with Crippen LogP contribution in [0.5, 0.6) is 0 Å². The topological polar surface area (TPSA) is 67.1 Å². The number of likely N-dealkylation sites (tertiary alicyclic amines) is 1. The van der Waals surface area contributed by atoms with Gasteiger partial charge in [0, 0.05) is 24.7 Å². The second-order valence-corrected chi connectivity index (χ2v) is 5.34. The van der Waals surface area contributed by atoms with E-state index in [1.54, 1.807) is 6.07 Å². The van der Waals surface area contributed by atoms with Crippen LogP contribution in [0.15, 0.2) is 36.4 Å².